The number of aromatic amines is 1. The van der Waals surface area contributed by atoms with E-state index in [1.54, 1.807) is 17.8 Å². The highest BCUT2D eigenvalue weighted by Crippen LogP contribution is 2.42. The summed E-state index contributed by atoms with van der Waals surface area (Å²) in [6, 6.07) is 3.91. The molecule has 0 aliphatic heterocycles. The first-order chi connectivity index (χ1) is 9.36. The lowest BCUT2D eigenvalue weighted by atomic mass is 10.1. The fourth-order valence-electron chi connectivity index (χ4n) is 2.38. The quantitative estimate of drug-likeness (QED) is 0.777. The lowest BCUT2D eigenvalue weighted by molar-refractivity contribution is 0.417. The highest BCUT2D eigenvalue weighted by atomic mass is 16.5. The van der Waals surface area contributed by atoms with E-state index < -0.39 is 0 Å². The van der Waals surface area contributed by atoms with Crippen LogP contribution in [0, 0.1) is 0 Å². The van der Waals surface area contributed by atoms with Crippen molar-refractivity contribution in [2.75, 3.05) is 7.11 Å². The molecular weight excluding hydrogens is 242 g/mol. The molecule has 3 aromatic rings. The van der Waals surface area contributed by atoms with Gasteiger partial charge in [-0.15, -0.1) is 0 Å². The molecule has 0 radical (unpaired) electrons. The lowest BCUT2D eigenvalue weighted by Gasteiger charge is -2.06. The molecule has 96 valence electrons. The lowest BCUT2D eigenvalue weighted by Crippen LogP contribution is -1.95. The first kappa shape index (κ1) is 10.5. The summed E-state index contributed by atoms with van der Waals surface area (Å²) in [6.07, 6.45) is 6.11. The van der Waals surface area contributed by atoms with E-state index in [4.69, 9.17) is 4.74 Å². The summed E-state index contributed by atoms with van der Waals surface area (Å²) in [5, 5.41) is 15.5. The second-order valence-electron chi connectivity index (χ2n) is 4.79. The maximum Gasteiger partial charge on any atom is 0.145 e. The maximum atomic E-state index is 5.42. The molecule has 0 aromatic carbocycles. The molecule has 3 heterocycles. The van der Waals surface area contributed by atoms with Crippen LogP contribution in [-0.4, -0.2) is 32.1 Å². The van der Waals surface area contributed by atoms with Crippen LogP contribution in [0.15, 0.2) is 24.5 Å². The molecule has 6 heteroatoms. The molecule has 0 amide bonds. The van der Waals surface area contributed by atoms with Gasteiger partial charge in [0.1, 0.15) is 17.0 Å². The second-order valence-corrected chi connectivity index (χ2v) is 4.79. The molecule has 1 fully saturated rings. The van der Waals surface area contributed by atoms with Crippen molar-refractivity contribution in [3.63, 3.8) is 0 Å². The van der Waals surface area contributed by atoms with Crippen LogP contribution >= 0.6 is 0 Å². The Bertz CT molecular complexity index is 740. The number of pyridine rings is 1. The molecule has 0 atom stereocenters. The molecule has 1 aliphatic carbocycles. The van der Waals surface area contributed by atoms with Crippen LogP contribution in [0.5, 0.6) is 5.75 Å². The minimum absolute atomic E-state index is 0.549. The zero-order valence-corrected chi connectivity index (χ0v) is 10.5. The Hall–Kier alpha value is -2.37. The van der Waals surface area contributed by atoms with E-state index in [0.717, 1.165) is 28.2 Å². The molecule has 6 nitrogen and oxygen atoms in total. The number of nitrogens with one attached hydrogen (secondary N) is 1. The average Bonchev–Trinajstić information content (AvgIpc) is 2.99. The fourth-order valence-corrected chi connectivity index (χ4v) is 2.38. The fraction of sp³-hybridized carbons (Fsp3) is 0.308. The molecular formula is C13H13N5O. The minimum atomic E-state index is 0.549. The van der Waals surface area contributed by atoms with E-state index in [1.807, 2.05) is 18.3 Å². The molecule has 0 bridgehead atoms. The number of fused-ring (bicyclic) bond motifs is 1. The third-order valence-corrected chi connectivity index (χ3v) is 3.50. The summed E-state index contributed by atoms with van der Waals surface area (Å²) in [5.74, 6) is 1.34. The summed E-state index contributed by atoms with van der Waals surface area (Å²) in [6.45, 7) is 0. The molecule has 1 aliphatic rings. The summed E-state index contributed by atoms with van der Waals surface area (Å²) in [5.41, 5.74) is 3.87. The van der Waals surface area contributed by atoms with Crippen LogP contribution in [0.1, 0.15) is 24.5 Å². The average molecular weight is 255 g/mol. The van der Waals surface area contributed by atoms with Crippen molar-refractivity contribution in [1.29, 1.82) is 0 Å². The monoisotopic (exact) mass is 255 g/mol. The zero-order valence-electron chi connectivity index (χ0n) is 10.5. The van der Waals surface area contributed by atoms with Crippen molar-refractivity contribution in [3.8, 4) is 17.0 Å². The number of hydrogen-bond acceptors (Lipinski definition) is 4. The van der Waals surface area contributed by atoms with Crippen molar-refractivity contribution in [2.45, 2.75) is 18.8 Å². The Morgan fingerprint density at radius 1 is 1.37 bits per heavy atom. The van der Waals surface area contributed by atoms with Gasteiger partial charge >= 0.3 is 0 Å². The topological polar surface area (TPSA) is 68.1 Å². The van der Waals surface area contributed by atoms with Gasteiger partial charge in [0.2, 0.25) is 0 Å². The van der Waals surface area contributed by atoms with E-state index in [0.29, 0.717) is 5.92 Å². The molecule has 19 heavy (non-hydrogen) atoms. The molecule has 3 aromatic heterocycles. The Labute approximate surface area is 109 Å². The normalized spacial score (nSPS) is 15.0. The Balaban J connectivity index is 1.92. The van der Waals surface area contributed by atoms with Gasteiger partial charge in [-0.3, -0.25) is 0 Å². The smallest absolute Gasteiger partial charge is 0.145 e. The molecule has 1 N–H and O–H groups in total. The molecule has 0 spiro atoms. The number of nitrogens with zero attached hydrogens (tertiary/aromatic N) is 4. The highest BCUT2D eigenvalue weighted by molar-refractivity contribution is 5.70. The van der Waals surface area contributed by atoms with Crippen LogP contribution in [-0.2, 0) is 0 Å². The van der Waals surface area contributed by atoms with E-state index in [2.05, 4.69) is 20.5 Å². The molecule has 1 saturated carbocycles. The Kier molecular flexibility index (Phi) is 2.11. The van der Waals surface area contributed by atoms with Gasteiger partial charge in [-0.1, -0.05) is 0 Å². The van der Waals surface area contributed by atoms with Crippen LogP contribution in [0.3, 0.4) is 0 Å². The number of rotatable bonds is 3. The van der Waals surface area contributed by atoms with E-state index in [1.165, 1.54) is 12.8 Å². The van der Waals surface area contributed by atoms with Crippen LogP contribution in [0.25, 0.3) is 16.8 Å². The third kappa shape index (κ3) is 1.60. The van der Waals surface area contributed by atoms with Crippen molar-refractivity contribution in [3.05, 3.63) is 30.2 Å². The Morgan fingerprint density at radius 3 is 3.05 bits per heavy atom. The largest absolute Gasteiger partial charge is 0.494 e. The van der Waals surface area contributed by atoms with Gasteiger partial charge in [0.15, 0.2) is 0 Å². The molecule has 4 rings (SSSR count). The van der Waals surface area contributed by atoms with Gasteiger partial charge in [-0.25, -0.2) is 4.52 Å². The predicted molar refractivity (Wildman–Crippen MR) is 69.1 cm³/mol. The summed E-state index contributed by atoms with van der Waals surface area (Å²) in [7, 11) is 1.66. The first-order valence-corrected chi connectivity index (χ1v) is 6.29. The first-order valence-electron chi connectivity index (χ1n) is 6.29. The number of aromatic nitrogens is 5. The minimum Gasteiger partial charge on any atom is -0.494 e. The zero-order chi connectivity index (χ0) is 12.8. The number of ether oxygens (including phenoxy) is 1. The van der Waals surface area contributed by atoms with Crippen LogP contribution < -0.4 is 4.74 Å². The highest BCUT2D eigenvalue weighted by Gasteiger charge is 2.30. The van der Waals surface area contributed by atoms with Crippen LogP contribution in [0.4, 0.5) is 0 Å². The Morgan fingerprint density at radius 2 is 2.26 bits per heavy atom. The van der Waals surface area contributed by atoms with E-state index >= 15 is 0 Å². The molecule has 0 saturated heterocycles. The summed E-state index contributed by atoms with van der Waals surface area (Å²) < 4.78 is 7.23. The number of methoxy groups -OCH3 is 1. The van der Waals surface area contributed by atoms with Gasteiger partial charge in [0, 0.05) is 17.7 Å². The maximum absolute atomic E-state index is 5.42. The third-order valence-electron chi connectivity index (χ3n) is 3.50. The molecule has 0 unspecified atom stereocenters. The number of hydrogen-bond donors (Lipinski definition) is 1. The van der Waals surface area contributed by atoms with Gasteiger partial charge in [0.05, 0.1) is 19.0 Å². The van der Waals surface area contributed by atoms with E-state index in [9.17, 15) is 0 Å². The van der Waals surface area contributed by atoms with Crippen LogP contribution in [0.2, 0.25) is 0 Å². The van der Waals surface area contributed by atoms with Crippen molar-refractivity contribution < 1.29 is 4.74 Å². The standard InChI is InChI=1S/C13H13N5O/c1-19-11-6-9(7-18-10(11)4-5-14-18)13-12(8-2-3-8)15-17-16-13/h4-8H,2-3H2,1H3,(H,15,16,17). The predicted octanol–water partition coefficient (Wildman–Crippen LogP) is 2.01. The van der Waals surface area contributed by atoms with Crippen molar-refractivity contribution >= 4 is 5.52 Å². The van der Waals surface area contributed by atoms with Gasteiger partial charge in [0.25, 0.3) is 0 Å². The van der Waals surface area contributed by atoms with Gasteiger partial charge in [-0.05, 0) is 25.0 Å². The van der Waals surface area contributed by atoms with E-state index in [-0.39, 0.29) is 0 Å². The summed E-state index contributed by atoms with van der Waals surface area (Å²) in [4.78, 5) is 0. The van der Waals surface area contributed by atoms with Crippen molar-refractivity contribution in [2.24, 2.45) is 0 Å². The summed E-state index contributed by atoms with van der Waals surface area (Å²) >= 11 is 0. The second kappa shape index (κ2) is 3.81. The van der Waals surface area contributed by atoms with Gasteiger partial charge < -0.3 is 4.74 Å². The van der Waals surface area contributed by atoms with Gasteiger partial charge in [-0.2, -0.15) is 20.5 Å². The number of H-pyrrole nitrogens is 1. The SMILES string of the molecule is COc1cc(-c2n[nH]nc2C2CC2)cn2nccc12. The van der Waals surface area contributed by atoms with Crippen molar-refractivity contribution in [1.82, 2.24) is 25.0 Å².